The van der Waals surface area contributed by atoms with Crippen LogP contribution in [0.2, 0.25) is 5.02 Å². The number of H-pyrrole nitrogens is 1. The Labute approximate surface area is 143 Å². The van der Waals surface area contributed by atoms with Crippen LogP contribution in [0.25, 0.3) is 10.9 Å². The van der Waals surface area contributed by atoms with Gasteiger partial charge in [-0.2, -0.15) is 0 Å². The van der Waals surface area contributed by atoms with Crippen LogP contribution < -0.4 is 10.6 Å². The number of halogens is 1. The number of hydrogen-bond acceptors (Lipinski definition) is 3. The number of hydrogen-bond donors (Lipinski definition) is 3. The molecular weight excluding hydrogens is 328 g/mol. The summed E-state index contributed by atoms with van der Waals surface area (Å²) in [7, 11) is 0. The molecular formula is C17H15ClN4O2. The van der Waals surface area contributed by atoms with E-state index in [-0.39, 0.29) is 0 Å². The van der Waals surface area contributed by atoms with Crippen LogP contribution in [0.5, 0.6) is 0 Å². The van der Waals surface area contributed by atoms with E-state index in [1.54, 1.807) is 18.3 Å². The summed E-state index contributed by atoms with van der Waals surface area (Å²) in [6.45, 7) is 0.346. The molecule has 0 radical (unpaired) electrons. The van der Waals surface area contributed by atoms with E-state index < -0.39 is 11.8 Å². The third-order valence-corrected chi connectivity index (χ3v) is 3.77. The highest BCUT2D eigenvalue weighted by Crippen LogP contribution is 2.22. The van der Waals surface area contributed by atoms with Crippen molar-refractivity contribution in [3.8, 4) is 0 Å². The quantitative estimate of drug-likeness (QED) is 0.637. The van der Waals surface area contributed by atoms with Crippen LogP contribution in [0.3, 0.4) is 0 Å². The number of amides is 2. The van der Waals surface area contributed by atoms with Crippen LogP contribution in [0.15, 0.2) is 48.9 Å². The molecule has 7 heteroatoms. The highest BCUT2D eigenvalue weighted by Gasteiger charge is 2.13. The summed E-state index contributed by atoms with van der Waals surface area (Å²) in [5.74, 6) is -1.40. The van der Waals surface area contributed by atoms with Gasteiger partial charge in [-0.05, 0) is 42.3 Å². The zero-order valence-corrected chi connectivity index (χ0v) is 13.4. The Balaban J connectivity index is 1.54. The molecule has 6 nitrogen and oxygen atoms in total. The van der Waals surface area contributed by atoms with Gasteiger partial charge in [-0.15, -0.1) is 0 Å². The van der Waals surface area contributed by atoms with Gasteiger partial charge in [-0.1, -0.05) is 11.6 Å². The second kappa shape index (κ2) is 7.14. The molecule has 2 heterocycles. The fourth-order valence-electron chi connectivity index (χ4n) is 2.37. The Morgan fingerprint density at radius 3 is 2.88 bits per heavy atom. The van der Waals surface area contributed by atoms with Gasteiger partial charge in [0.25, 0.3) is 0 Å². The van der Waals surface area contributed by atoms with E-state index in [2.05, 4.69) is 20.6 Å². The average molecular weight is 343 g/mol. The summed E-state index contributed by atoms with van der Waals surface area (Å²) < 4.78 is 0. The molecule has 2 amide bonds. The lowest BCUT2D eigenvalue weighted by Gasteiger charge is -2.06. The monoisotopic (exact) mass is 342 g/mol. The van der Waals surface area contributed by atoms with Gasteiger partial charge in [0, 0.05) is 34.9 Å². The lowest BCUT2D eigenvalue weighted by Crippen LogP contribution is -2.36. The molecule has 3 rings (SSSR count). The molecule has 3 aromatic rings. The van der Waals surface area contributed by atoms with E-state index in [1.165, 1.54) is 6.20 Å². The topological polar surface area (TPSA) is 86.9 Å². The molecule has 0 aliphatic rings. The molecule has 0 aliphatic heterocycles. The minimum absolute atomic E-state index is 0.346. The van der Waals surface area contributed by atoms with Crippen molar-refractivity contribution >= 4 is 40.0 Å². The molecule has 3 N–H and O–H groups in total. The van der Waals surface area contributed by atoms with Gasteiger partial charge in [0.1, 0.15) is 0 Å². The average Bonchev–Trinajstić information content (AvgIpc) is 2.98. The maximum absolute atomic E-state index is 11.8. The Morgan fingerprint density at radius 1 is 1.21 bits per heavy atom. The maximum atomic E-state index is 11.8. The van der Waals surface area contributed by atoms with E-state index in [0.29, 0.717) is 23.7 Å². The first kappa shape index (κ1) is 16.0. The molecule has 0 aliphatic carbocycles. The van der Waals surface area contributed by atoms with Crippen molar-refractivity contribution in [1.82, 2.24) is 15.3 Å². The van der Waals surface area contributed by atoms with E-state index in [9.17, 15) is 9.59 Å². The Bertz CT molecular complexity index is 877. The molecule has 0 bridgehead atoms. The van der Waals surface area contributed by atoms with E-state index in [1.807, 2.05) is 24.4 Å². The fraction of sp³-hybridized carbons (Fsp3) is 0.118. The van der Waals surface area contributed by atoms with Crippen LogP contribution in [-0.2, 0) is 16.0 Å². The van der Waals surface area contributed by atoms with Crippen molar-refractivity contribution in [1.29, 1.82) is 0 Å². The number of aromatic amines is 1. The molecule has 0 saturated heterocycles. The summed E-state index contributed by atoms with van der Waals surface area (Å²) >= 11 is 6.01. The second-order valence-electron chi connectivity index (χ2n) is 5.21. The van der Waals surface area contributed by atoms with Crippen molar-refractivity contribution in [2.24, 2.45) is 0 Å². The summed E-state index contributed by atoms with van der Waals surface area (Å²) in [6.07, 6.45) is 5.53. The fourth-order valence-corrected chi connectivity index (χ4v) is 2.55. The van der Waals surface area contributed by atoms with Crippen LogP contribution in [0.4, 0.5) is 5.69 Å². The van der Waals surface area contributed by atoms with E-state index in [4.69, 9.17) is 11.6 Å². The predicted octanol–water partition coefficient (Wildman–Crippen LogP) is 2.51. The number of carbonyl (C=O) groups is 2. The number of anilines is 1. The second-order valence-corrected chi connectivity index (χ2v) is 5.64. The molecule has 122 valence electrons. The van der Waals surface area contributed by atoms with Gasteiger partial charge in [0.15, 0.2) is 0 Å². The molecule has 0 atom stereocenters. The van der Waals surface area contributed by atoms with Crippen LogP contribution >= 0.6 is 11.6 Å². The van der Waals surface area contributed by atoms with Gasteiger partial charge < -0.3 is 15.6 Å². The number of nitrogens with one attached hydrogen (secondary N) is 3. The summed E-state index contributed by atoms with van der Waals surface area (Å²) in [4.78, 5) is 30.6. The molecule has 1 aromatic carbocycles. The van der Waals surface area contributed by atoms with Crippen LogP contribution in [-0.4, -0.2) is 28.3 Å². The zero-order valence-electron chi connectivity index (χ0n) is 12.7. The Kier molecular flexibility index (Phi) is 4.77. The highest BCUT2D eigenvalue weighted by molar-refractivity contribution is 6.39. The smallest absolute Gasteiger partial charge is 0.313 e. The van der Waals surface area contributed by atoms with Gasteiger partial charge in [0.05, 0.1) is 11.9 Å². The van der Waals surface area contributed by atoms with E-state index in [0.717, 1.165) is 16.5 Å². The minimum Gasteiger partial charge on any atom is -0.361 e. The number of fused-ring (bicyclic) bond motifs is 1. The molecule has 2 aromatic heterocycles. The molecule has 0 unspecified atom stereocenters. The van der Waals surface area contributed by atoms with Crippen LogP contribution in [0, 0.1) is 0 Å². The number of benzene rings is 1. The third-order valence-electron chi connectivity index (χ3n) is 3.53. The first-order valence-electron chi connectivity index (χ1n) is 7.38. The largest absolute Gasteiger partial charge is 0.361 e. The van der Waals surface area contributed by atoms with Crippen molar-refractivity contribution in [3.63, 3.8) is 0 Å². The SMILES string of the molecule is O=C(NCCc1c[nH]c2ccc(Cl)cc12)C(=O)Nc1cccnc1. The van der Waals surface area contributed by atoms with Crippen molar-refractivity contribution in [3.05, 3.63) is 59.5 Å². The van der Waals surface area contributed by atoms with Gasteiger partial charge in [-0.25, -0.2) is 0 Å². The molecule has 0 saturated carbocycles. The number of nitrogens with zero attached hydrogens (tertiary/aromatic N) is 1. The molecule has 24 heavy (non-hydrogen) atoms. The van der Waals surface area contributed by atoms with Gasteiger partial charge >= 0.3 is 11.8 Å². The summed E-state index contributed by atoms with van der Waals surface area (Å²) in [5.41, 5.74) is 2.49. The zero-order chi connectivity index (χ0) is 16.9. The number of aromatic nitrogens is 2. The number of rotatable bonds is 4. The van der Waals surface area contributed by atoms with Gasteiger partial charge in [-0.3, -0.25) is 14.6 Å². The van der Waals surface area contributed by atoms with E-state index >= 15 is 0 Å². The number of carbonyl (C=O) groups excluding carboxylic acids is 2. The lowest BCUT2D eigenvalue weighted by molar-refractivity contribution is -0.136. The number of pyridine rings is 1. The first-order chi connectivity index (χ1) is 11.6. The van der Waals surface area contributed by atoms with Crippen molar-refractivity contribution < 1.29 is 9.59 Å². The Morgan fingerprint density at radius 2 is 2.08 bits per heavy atom. The van der Waals surface area contributed by atoms with Crippen LogP contribution in [0.1, 0.15) is 5.56 Å². The van der Waals surface area contributed by atoms with Crippen molar-refractivity contribution in [2.45, 2.75) is 6.42 Å². The normalized spacial score (nSPS) is 10.5. The maximum Gasteiger partial charge on any atom is 0.313 e. The predicted molar refractivity (Wildman–Crippen MR) is 92.9 cm³/mol. The third kappa shape index (κ3) is 3.72. The highest BCUT2D eigenvalue weighted by atomic mass is 35.5. The standard InChI is InChI=1S/C17H15ClN4O2/c18-12-3-4-15-14(8-12)11(9-21-15)5-7-20-16(23)17(24)22-13-2-1-6-19-10-13/h1-4,6,8-10,21H,5,7H2,(H,20,23)(H,22,24). The molecule has 0 spiro atoms. The minimum atomic E-state index is -0.718. The summed E-state index contributed by atoms with van der Waals surface area (Å²) in [6, 6.07) is 8.93. The van der Waals surface area contributed by atoms with Crippen molar-refractivity contribution in [2.75, 3.05) is 11.9 Å². The first-order valence-corrected chi connectivity index (χ1v) is 7.76. The molecule has 0 fully saturated rings. The summed E-state index contributed by atoms with van der Waals surface area (Å²) in [5, 5.41) is 6.75. The Hall–Kier alpha value is -2.86. The van der Waals surface area contributed by atoms with Gasteiger partial charge in [0.2, 0.25) is 0 Å². The lowest BCUT2D eigenvalue weighted by atomic mass is 10.1.